The molecule has 1 saturated carbocycles. The van der Waals surface area contributed by atoms with Crippen molar-refractivity contribution in [1.29, 1.82) is 0 Å². The van der Waals surface area contributed by atoms with Gasteiger partial charge in [0.1, 0.15) is 6.61 Å². The van der Waals surface area contributed by atoms with Gasteiger partial charge in [-0.1, -0.05) is 77.7 Å². The maximum Gasteiger partial charge on any atom is 0.407 e. The lowest BCUT2D eigenvalue weighted by molar-refractivity contribution is 0.117. The third kappa shape index (κ3) is 5.33. The Morgan fingerprint density at radius 3 is 2.32 bits per heavy atom. The molecular weight excluding hydrogens is 378 g/mol. The Morgan fingerprint density at radius 1 is 0.960 bits per heavy atom. The van der Waals surface area contributed by atoms with Gasteiger partial charge in [0.2, 0.25) is 0 Å². The second-order valence-electron chi connectivity index (χ2n) is 6.83. The molecule has 2 aromatic rings. The summed E-state index contributed by atoms with van der Waals surface area (Å²) in [5.74, 6) is 0. The van der Waals surface area contributed by atoms with Crippen molar-refractivity contribution < 1.29 is 9.53 Å². The average molecular weight is 402 g/mol. The van der Waals surface area contributed by atoms with Crippen LogP contribution in [0.3, 0.4) is 0 Å². The molecule has 0 bridgehead atoms. The van der Waals surface area contributed by atoms with Gasteiger partial charge in [0.25, 0.3) is 0 Å². The molecule has 1 amide bonds. The van der Waals surface area contributed by atoms with E-state index in [1.165, 1.54) is 12.0 Å². The number of ether oxygens (including phenoxy) is 1. The van der Waals surface area contributed by atoms with Gasteiger partial charge in [-0.25, -0.2) is 4.79 Å². The van der Waals surface area contributed by atoms with Crippen LogP contribution in [-0.4, -0.2) is 11.6 Å². The summed E-state index contributed by atoms with van der Waals surface area (Å²) in [6, 6.07) is 18.1. The minimum atomic E-state index is -0.317. The standard InChI is InChI=1S/C21H24BrNO2/c22-19-11-9-17(10-12-19)15-21(13-5-2-6-14-21)23-20(24)25-16-18-7-3-1-4-8-18/h1,3-4,7-12H,2,5-6,13-16H2,(H,23,24). The third-order valence-electron chi connectivity index (χ3n) is 4.85. The minimum Gasteiger partial charge on any atom is -0.445 e. The van der Waals surface area contributed by atoms with Crippen LogP contribution >= 0.6 is 15.9 Å². The van der Waals surface area contributed by atoms with Gasteiger partial charge in [-0.3, -0.25) is 0 Å². The smallest absolute Gasteiger partial charge is 0.407 e. The molecule has 1 N–H and O–H groups in total. The lowest BCUT2D eigenvalue weighted by Crippen LogP contribution is -2.51. The number of hydrogen-bond donors (Lipinski definition) is 1. The summed E-state index contributed by atoms with van der Waals surface area (Å²) in [4.78, 5) is 12.4. The molecule has 0 radical (unpaired) electrons. The van der Waals surface area contributed by atoms with Gasteiger partial charge in [0.05, 0.1) is 0 Å². The monoisotopic (exact) mass is 401 g/mol. The molecule has 0 saturated heterocycles. The molecule has 0 atom stereocenters. The Bertz CT molecular complexity index is 679. The van der Waals surface area contributed by atoms with Gasteiger partial charge in [0, 0.05) is 10.0 Å². The van der Waals surface area contributed by atoms with Gasteiger partial charge in [-0.2, -0.15) is 0 Å². The van der Waals surface area contributed by atoms with E-state index in [9.17, 15) is 4.79 Å². The van der Waals surface area contributed by atoms with Crippen molar-refractivity contribution >= 4 is 22.0 Å². The Labute approximate surface area is 157 Å². The molecular formula is C21H24BrNO2. The van der Waals surface area contributed by atoms with Crippen LogP contribution in [0.4, 0.5) is 4.79 Å². The van der Waals surface area contributed by atoms with Crippen LogP contribution in [0, 0.1) is 0 Å². The van der Waals surface area contributed by atoms with E-state index in [4.69, 9.17) is 4.74 Å². The lowest BCUT2D eigenvalue weighted by atomic mass is 9.77. The van der Waals surface area contributed by atoms with E-state index in [1.807, 2.05) is 30.3 Å². The molecule has 1 aliphatic carbocycles. The molecule has 0 aliphatic heterocycles. The van der Waals surface area contributed by atoms with Crippen LogP contribution in [0.1, 0.15) is 43.2 Å². The summed E-state index contributed by atoms with van der Waals surface area (Å²) in [5, 5.41) is 3.19. The number of amides is 1. The van der Waals surface area contributed by atoms with E-state index in [2.05, 4.69) is 45.5 Å². The third-order valence-corrected chi connectivity index (χ3v) is 5.38. The van der Waals surface area contributed by atoms with Crippen molar-refractivity contribution in [2.24, 2.45) is 0 Å². The topological polar surface area (TPSA) is 38.3 Å². The van der Waals surface area contributed by atoms with Crippen LogP contribution in [-0.2, 0) is 17.8 Å². The highest BCUT2D eigenvalue weighted by atomic mass is 79.9. The summed E-state index contributed by atoms with van der Waals surface area (Å²) in [6.07, 6.45) is 6.07. The Kier molecular flexibility index (Phi) is 6.14. The van der Waals surface area contributed by atoms with Gasteiger partial charge < -0.3 is 10.1 Å². The van der Waals surface area contributed by atoms with Crippen molar-refractivity contribution in [2.75, 3.05) is 0 Å². The summed E-state index contributed by atoms with van der Waals surface area (Å²) >= 11 is 3.48. The van der Waals surface area contributed by atoms with Gasteiger partial charge in [-0.15, -0.1) is 0 Å². The summed E-state index contributed by atoms with van der Waals surface area (Å²) < 4.78 is 6.53. The molecule has 4 heteroatoms. The molecule has 1 fully saturated rings. The molecule has 0 aromatic heterocycles. The van der Waals surface area contributed by atoms with E-state index >= 15 is 0 Å². The minimum absolute atomic E-state index is 0.195. The number of rotatable bonds is 5. The largest absolute Gasteiger partial charge is 0.445 e. The molecule has 0 unspecified atom stereocenters. The fourth-order valence-corrected chi connectivity index (χ4v) is 3.81. The summed E-state index contributed by atoms with van der Waals surface area (Å²) in [6.45, 7) is 0.307. The molecule has 0 heterocycles. The highest BCUT2D eigenvalue weighted by molar-refractivity contribution is 9.10. The molecule has 3 rings (SSSR count). The zero-order valence-corrected chi connectivity index (χ0v) is 15.9. The zero-order chi connectivity index (χ0) is 17.5. The number of alkyl carbamates (subject to hydrolysis) is 1. The summed E-state index contributed by atoms with van der Waals surface area (Å²) in [5.41, 5.74) is 2.05. The average Bonchev–Trinajstić information content (AvgIpc) is 2.63. The molecule has 0 spiro atoms. The predicted molar refractivity (Wildman–Crippen MR) is 103 cm³/mol. The van der Waals surface area contributed by atoms with Crippen molar-refractivity contribution in [3.63, 3.8) is 0 Å². The number of halogens is 1. The van der Waals surface area contributed by atoms with Crippen LogP contribution in [0.15, 0.2) is 59.1 Å². The van der Waals surface area contributed by atoms with E-state index in [1.54, 1.807) is 0 Å². The van der Waals surface area contributed by atoms with Crippen molar-refractivity contribution in [3.05, 3.63) is 70.2 Å². The number of carbonyl (C=O) groups is 1. The normalized spacial score (nSPS) is 16.2. The van der Waals surface area contributed by atoms with Crippen LogP contribution in [0.2, 0.25) is 0 Å². The second-order valence-corrected chi connectivity index (χ2v) is 7.75. The highest BCUT2D eigenvalue weighted by Crippen LogP contribution is 2.32. The van der Waals surface area contributed by atoms with Crippen molar-refractivity contribution in [3.8, 4) is 0 Å². The van der Waals surface area contributed by atoms with Crippen LogP contribution in [0.5, 0.6) is 0 Å². The SMILES string of the molecule is O=C(NC1(Cc2ccc(Br)cc2)CCCCC1)OCc1ccccc1. The van der Waals surface area contributed by atoms with Crippen LogP contribution < -0.4 is 5.32 Å². The maximum atomic E-state index is 12.4. The van der Waals surface area contributed by atoms with Crippen LogP contribution in [0.25, 0.3) is 0 Å². The number of carbonyl (C=O) groups excluding carboxylic acids is 1. The first-order valence-electron chi connectivity index (χ1n) is 8.89. The second kappa shape index (κ2) is 8.52. The highest BCUT2D eigenvalue weighted by Gasteiger charge is 2.34. The zero-order valence-electron chi connectivity index (χ0n) is 14.3. The first-order valence-corrected chi connectivity index (χ1v) is 9.68. The molecule has 3 nitrogen and oxygen atoms in total. The number of benzene rings is 2. The lowest BCUT2D eigenvalue weighted by Gasteiger charge is -2.38. The number of hydrogen-bond acceptors (Lipinski definition) is 2. The Hall–Kier alpha value is -1.81. The predicted octanol–water partition coefficient (Wildman–Crippen LogP) is 5.62. The Balaban J connectivity index is 1.63. The van der Waals surface area contributed by atoms with E-state index < -0.39 is 0 Å². The Morgan fingerprint density at radius 2 is 1.64 bits per heavy atom. The van der Waals surface area contributed by atoms with E-state index in [0.717, 1.165) is 42.1 Å². The maximum absolute atomic E-state index is 12.4. The van der Waals surface area contributed by atoms with Gasteiger partial charge in [-0.05, 0) is 42.5 Å². The van der Waals surface area contributed by atoms with E-state index in [-0.39, 0.29) is 11.6 Å². The molecule has 25 heavy (non-hydrogen) atoms. The van der Waals surface area contributed by atoms with E-state index in [0.29, 0.717) is 6.61 Å². The molecule has 2 aromatic carbocycles. The first-order chi connectivity index (χ1) is 12.2. The number of nitrogens with one attached hydrogen (secondary N) is 1. The summed E-state index contributed by atoms with van der Waals surface area (Å²) in [7, 11) is 0. The fourth-order valence-electron chi connectivity index (χ4n) is 3.54. The fraction of sp³-hybridized carbons (Fsp3) is 0.381. The first kappa shape index (κ1) is 18.0. The van der Waals surface area contributed by atoms with Crippen molar-refractivity contribution in [1.82, 2.24) is 5.32 Å². The quantitative estimate of drug-likeness (QED) is 0.705. The van der Waals surface area contributed by atoms with Crippen molar-refractivity contribution in [2.45, 2.75) is 50.7 Å². The molecule has 132 valence electrons. The van der Waals surface area contributed by atoms with Gasteiger partial charge in [0.15, 0.2) is 0 Å². The molecule has 1 aliphatic rings. The van der Waals surface area contributed by atoms with Gasteiger partial charge >= 0.3 is 6.09 Å².